The molecule has 1 heterocycles. The Morgan fingerprint density at radius 1 is 1.25 bits per heavy atom. The van der Waals surface area contributed by atoms with Gasteiger partial charge in [-0.2, -0.15) is 0 Å². The number of unbranched alkanes of at least 4 members (excludes halogenated alkanes) is 1. The van der Waals surface area contributed by atoms with Gasteiger partial charge >= 0.3 is 0 Å². The van der Waals surface area contributed by atoms with E-state index in [2.05, 4.69) is 17.2 Å². The van der Waals surface area contributed by atoms with E-state index in [0.29, 0.717) is 0 Å². The van der Waals surface area contributed by atoms with Crippen LogP contribution in [0.4, 0.5) is 0 Å². The third-order valence-electron chi connectivity index (χ3n) is 2.84. The lowest BCUT2D eigenvalue weighted by molar-refractivity contribution is 0.133. The van der Waals surface area contributed by atoms with E-state index in [4.69, 9.17) is 9.15 Å². The van der Waals surface area contributed by atoms with Crippen LogP contribution in [-0.2, 0) is 4.74 Å². The summed E-state index contributed by atoms with van der Waals surface area (Å²) in [6.45, 7) is 5.66. The average molecular weight is 294 g/mol. The fourth-order valence-corrected chi connectivity index (χ4v) is 2.47. The molecule has 1 aromatic carbocycles. The van der Waals surface area contributed by atoms with Crippen LogP contribution in [0.1, 0.15) is 19.8 Å². The van der Waals surface area contributed by atoms with Crippen LogP contribution in [0, 0.1) is 0 Å². The van der Waals surface area contributed by atoms with E-state index < -0.39 is 0 Å². The van der Waals surface area contributed by atoms with E-state index in [9.17, 15) is 0 Å². The molecule has 110 valence electrons. The first kappa shape index (κ1) is 15.4. The van der Waals surface area contributed by atoms with Gasteiger partial charge in [-0.3, -0.25) is 0 Å². The molecule has 1 aromatic heterocycles. The number of para-hydroxylation sites is 2. The van der Waals surface area contributed by atoms with E-state index in [1.165, 1.54) is 6.42 Å². The van der Waals surface area contributed by atoms with Crippen molar-refractivity contribution in [2.45, 2.75) is 25.0 Å². The Morgan fingerprint density at radius 2 is 2.15 bits per heavy atom. The largest absolute Gasteiger partial charge is 0.431 e. The molecule has 0 unspecified atom stereocenters. The van der Waals surface area contributed by atoms with Gasteiger partial charge in [0.25, 0.3) is 5.22 Å². The van der Waals surface area contributed by atoms with Gasteiger partial charge in [-0.05, 0) is 18.6 Å². The summed E-state index contributed by atoms with van der Waals surface area (Å²) in [4.78, 5) is 4.42. The topological polar surface area (TPSA) is 47.3 Å². The Hall–Kier alpha value is -1.04. The summed E-state index contributed by atoms with van der Waals surface area (Å²) in [5, 5.41) is 4.09. The molecule has 5 heteroatoms. The van der Waals surface area contributed by atoms with Crippen LogP contribution in [0.2, 0.25) is 0 Å². The molecular weight excluding hydrogens is 272 g/mol. The van der Waals surface area contributed by atoms with Crippen molar-refractivity contribution in [3.8, 4) is 0 Å². The predicted molar refractivity (Wildman–Crippen MR) is 83.3 cm³/mol. The van der Waals surface area contributed by atoms with Gasteiger partial charge < -0.3 is 14.5 Å². The van der Waals surface area contributed by atoms with Crippen molar-refractivity contribution in [2.75, 3.05) is 32.1 Å². The van der Waals surface area contributed by atoms with Crippen molar-refractivity contribution in [2.24, 2.45) is 0 Å². The molecule has 0 fully saturated rings. The zero-order valence-corrected chi connectivity index (χ0v) is 12.7. The number of fused-ring (bicyclic) bond motifs is 1. The van der Waals surface area contributed by atoms with E-state index in [-0.39, 0.29) is 0 Å². The molecular formula is C15H22N2O2S. The van der Waals surface area contributed by atoms with E-state index in [0.717, 1.165) is 54.8 Å². The summed E-state index contributed by atoms with van der Waals surface area (Å²) < 4.78 is 11.1. The monoisotopic (exact) mass is 294 g/mol. The maximum Gasteiger partial charge on any atom is 0.256 e. The summed E-state index contributed by atoms with van der Waals surface area (Å²) in [5.74, 6) is 0.946. The van der Waals surface area contributed by atoms with Gasteiger partial charge in [-0.15, -0.1) is 0 Å². The number of benzene rings is 1. The molecule has 0 bridgehead atoms. The highest BCUT2D eigenvalue weighted by Crippen LogP contribution is 2.22. The first-order chi connectivity index (χ1) is 9.90. The highest BCUT2D eigenvalue weighted by Gasteiger charge is 2.04. The zero-order chi connectivity index (χ0) is 14.0. The number of ether oxygens (including phenoxy) is 1. The maximum absolute atomic E-state index is 5.64. The third kappa shape index (κ3) is 5.15. The smallest absolute Gasteiger partial charge is 0.256 e. The van der Waals surface area contributed by atoms with Crippen LogP contribution < -0.4 is 5.32 Å². The van der Waals surface area contributed by atoms with Gasteiger partial charge in [0, 0.05) is 25.4 Å². The van der Waals surface area contributed by atoms with Crippen molar-refractivity contribution < 1.29 is 9.15 Å². The predicted octanol–water partition coefficient (Wildman–Crippen LogP) is 3.33. The molecule has 0 amide bonds. The number of aromatic nitrogens is 1. The molecule has 2 aromatic rings. The Bertz CT molecular complexity index is 468. The van der Waals surface area contributed by atoms with Crippen molar-refractivity contribution in [1.29, 1.82) is 0 Å². The van der Waals surface area contributed by atoms with Gasteiger partial charge in [-0.25, -0.2) is 4.98 Å². The minimum atomic E-state index is 0.743. The lowest BCUT2D eigenvalue weighted by Gasteiger charge is -2.04. The molecule has 0 aliphatic carbocycles. The summed E-state index contributed by atoms with van der Waals surface area (Å²) >= 11 is 1.64. The number of thioether (sulfide) groups is 1. The minimum absolute atomic E-state index is 0.743. The van der Waals surface area contributed by atoms with Crippen LogP contribution >= 0.6 is 11.8 Å². The molecule has 2 rings (SSSR count). The van der Waals surface area contributed by atoms with Crippen molar-refractivity contribution in [3.05, 3.63) is 24.3 Å². The molecule has 0 saturated heterocycles. The Kier molecular flexibility index (Phi) is 6.91. The number of rotatable bonds is 10. The summed E-state index contributed by atoms with van der Waals surface area (Å²) in [7, 11) is 0. The van der Waals surface area contributed by atoms with Crippen molar-refractivity contribution in [3.63, 3.8) is 0 Å². The molecule has 0 aliphatic heterocycles. The average Bonchev–Trinajstić information content (AvgIpc) is 2.88. The molecule has 0 aliphatic rings. The first-order valence-electron chi connectivity index (χ1n) is 7.17. The standard InChI is InChI=1S/C15H22N2O2S/c1-2-3-10-18-11-8-16-9-12-20-15-17-13-6-4-5-7-14(13)19-15/h4-7,16H,2-3,8-12H2,1H3. The lowest BCUT2D eigenvalue weighted by Crippen LogP contribution is -2.22. The normalized spacial score (nSPS) is 11.2. The quantitative estimate of drug-likeness (QED) is 0.538. The van der Waals surface area contributed by atoms with Crippen molar-refractivity contribution in [1.82, 2.24) is 10.3 Å². The maximum atomic E-state index is 5.64. The van der Waals surface area contributed by atoms with Crippen LogP contribution in [0.3, 0.4) is 0 Å². The number of oxazole rings is 1. The minimum Gasteiger partial charge on any atom is -0.431 e. The highest BCUT2D eigenvalue weighted by molar-refractivity contribution is 7.99. The second kappa shape index (κ2) is 9.00. The van der Waals surface area contributed by atoms with Crippen molar-refractivity contribution >= 4 is 22.9 Å². The Labute approximate surface area is 124 Å². The Morgan fingerprint density at radius 3 is 3.00 bits per heavy atom. The van der Waals surface area contributed by atoms with E-state index in [1.54, 1.807) is 11.8 Å². The van der Waals surface area contributed by atoms with Gasteiger partial charge in [0.1, 0.15) is 5.52 Å². The van der Waals surface area contributed by atoms with E-state index in [1.807, 2.05) is 24.3 Å². The summed E-state index contributed by atoms with van der Waals surface area (Å²) in [6.07, 6.45) is 2.34. The number of hydrogen-bond acceptors (Lipinski definition) is 5. The molecule has 0 atom stereocenters. The highest BCUT2D eigenvalue weighted by atomic mass is 32.2. The molecule has 0 spiro atoms. The fraction of sp³-hybridized carbons (Fsp3) is 0.533. The SMILES string of the molecule is CCCCOCCNCCSc1nc2ccccc2o1. The number of nitrogens with zero attached hydrogens (tertiary/aromatic N) is 1. The van der Waals surface area contributed by atoms with Gasteiger partial charge in [-0.1, -0.05) is 37.2 Å². The van der Waals surface area contributed by atoms with Gasteiger partial charge in [0.2, 0.25) is 0 Å². The lowest BCUT2D eigenvalue weighted by atomic mass is 10.3. The van der Waals surface area contributed by atoms with Gasteiger partial charge in [0.15, 0.2) is 5.58 Å². The van der Waals surface area contributed by atoms with Crippen LogP contribution in [0.5, 0.6) is 0 Å². The number of nitrogens with one attached hydrogen (secondary N) is 1. The van der Waals surface area contributed by atoms with Crippen LogP contribution in [0.15, 0.2) is 33.9 Å². The van der Waals surface area contributed by atoms with Crippen LogP contribution in [0.25, 0.3) is 11.1 Å². The third-order valence-corrected chi connectivity index (χ3v) is 3.67. The molecule has 4 nitrogen and oxygen atoms in total. The Balaban J connectivity index is 1.55. The second-order valence-corrected chi connectivity index (χ2v) is 5.56. The summed E-state index contributed by atoms with van der Waals surface area (Å²) in [5.41, 5.74) is 1.78. The van der Waals surface area contributed by atoms with Gasteiger partial charge in [0.05, 0.1) is 6.61 Å². The molecule has 0 radical (unpaired) electrons. The first-order valence-corrected chi connectivity index (χ1v) is 8.15. The molecule has 1 N–H and O–H groups in total. The molecule has 20 heavy (non-hydrogen) atoms. The zero-order valence-electron chi connectivity index (χ0n) is 11.9. The van der Waals surface area contributed by atoms with E-state index >= 15 is 0 Å². The fourth-order valence-electron chi connectivity index (χ4n) is 1.74. The summed E-state index contributed by atoms with van der Waals surface area (Å²) in [6, 6.07) is 7.84. The van der Waals surface area contributed by atoms with Crippen LogP contribution in [-0.4, -0.2) is 37.0 Å². The second-order valence-electron chi connectivity index (χ2n) is 4.51. The molecule has 0 saturated carbocycles. The number of hydrogen-bond donors (Lipinski definition) is 1.